The zero-order chi connectivity index (χ0) is 14.4. The summed E-state index contributed by atoms with van der Waals surface area (Å²) in [5.41, 5.74) is 2.55. The molecule has 3 heteroatoms. The van der Waals surface area contributed by atoms with Gasteiger partial charge in [-0.1, -0.05) is 35.9 Å². The molecule has 0 spiro atoms. The number of hydrogen-bond donors (Lipinski definition) is 1. The molecule has 0 saturated carbocycles. The average molecular weight is 290 g/mol. The molecule has 0 aliphatic heterocycles. The fourth-order valence-corrected chi connectivity index (χ4v) is 2.48. The van der Waals surface area contributed by atoms with Gasteiger partial charge in [-0.2, -0.15) is 0 Å². The predicted molar refractivity (Wildman–Crippen MR) is 84.7 cm³/mol. The van der Waals surface area contributed by atoms with Crippen LogP contribution in [0.3, 0.4) is 0 Å². The molecule has 2 aromatic carbocycles. The molecular weight excluding hydrogens is 270 g/mol. The van der Waals surface area contributed by atoms with Gasteiger partial charge in [0, 0.05) is 11.1 Å². The second-order valence-corrected chi connectivity index (χ2v) is 5.31. The van der Waals surface area contributed by atoms with Gasteiger partial charge in [0.05, 0.1) is 7.11 Å². The van der Waals surface area contributed by atoms with Gasteiger partial charge in [0.1, 0.15) is 5.75 Å². The zero-order valence-corrected chi connectivity index (χ0v) is 12.7. The minimum absolute atomic E-state index is 0.391. The van der Waals surface area contributed by atoms with Gasteiger partial charge in [0.15, 0.2) is 0 Å². The van der Waals surface area contributed by atoms with Crippen LogP contribution >= 0.6 is 11.6 Å². The number of hydrogen-bond acceptors (Lipinski definition) is 2. The minimum atomic E-state index is 0.391. The van der Waals surface area contributed by atoms with E-state index in [1.807, 2.05) is 37.4 Å². The van der Waals surface area contributed by atoms with E-state index in [0.717, 1.165) is 23.6 Å². The molecule has 0 bridgehead atoms. The highest BCUT2D eigenvalue weighted by Gasteiger charge is 2.09. The van der Waals surface area contributed by atoms with Crippen LogP contribution in [0.25, 0.3) is 0 Å². The highest BCUT2D eigenvalue weighted by molar-refractivity contribution is 6.30. The zero-order valence-electron chi connectivity index (χ0n) is 11.9. The quantitative estimate of drug-likeness (QED) is 0.875. The molecule has 1 N–H and O–H groups in total. The lowest BCUT2D eigenvalue weighted by atomic mass is 9.99. The summed E-state index contributed by atoms with van der Waals surface area (Å²) in [6.07, 6.45) is 1.94. The van der Waals surface area contributed by atoms with E-state index >= 15 is 0 Å². The number of ether oxygens (including phenoxy) is 1. The van der Waals surface area contributed by atoms with Gasteiger partial charge < -0.3 is 10.1 Å². The molecule has 106 valence electrons. The van der Waals surface area contributed by atoms with E-state index in [2.05, 4.69) is 23.5 Å². The average Bonchev–Trinajstić information content (AvgIpc) is 2.47. The van der Waals surface area contributed by atoms with Gasteiger partial charge >= 0.3 is 0 Å². The Morgan fingerprint density at radius 2 is 1.75 bits per heavy atom. The van der Waals surface area contributed by atoms with Gasteiger partial charge in [-0.3, -0.25) is 0 Å². The highest BCUT2D eigenvalue weighted by Crippen LogP contribution is 2.16. The van der Waals surface area contributed by atoms with Crippen molar-refractivity contribution in [2.45, 2.75) is 18.9 Å². The molecular formula is C17H20ClNO. The summed E-state index contributed by atoms with van der Waals surface area (Å²) in [4.78, 5) is 0. The third-order valence-corrected chi connectivity index (χ3v) is 3.66. The van der Waals surface area contributed by atoms with Gasteiger partial charge in [-0.15, -0.1) is 0 Å². The van der Waals surface area contributed by atoms with Crippen molar-refractivity contribution in [2.75, 3.05) is 14.2 Å². The SMILES string of the molecule is CNC(Cc1ccc(OC)cc1)Cc1cccc(Cl)c1. The van der Waals surface area contributed by atoms with Gasteiger partial charge in [0.25, 0.3) is 0 Å². The molecule has 1 unspecified atom stereocenters. The first-order valence-electron chi connectivity index (χ1n) is 6.76. The van der Waals surface area contributed by atoms with E-state index < -0.39 is 0 Å². The number of halogens is 1. The Kier molecular flexibility index (Phi) is 5.45. The monoisotopic (exact) mass is 289 g/mol. The molecule has 0 radical (unpaired) electrons. The van der Waals surface area contributed by atoms with Crippen LogP contribution in [-0.2, 0) is 12.8 Å². The molecule has 0 saturated heterocycles. The number of rotatable bonds is 6. The molecule has 20 heavy (non-hydrogen) atoms. The van der Waals surface area contributed by atoms with Crippen molar-refractivity contribution in [3.8, 4) is 5.75 Å². The molecule has 2 nitrogen and oxygen atoms in total. The Balaban J connectivity index is 2.01. The van der Waals surface area contributed by atoms with Crippen molar-refractivity contribution in [1.29, 1.82) is 0 Å². The summed E-state index contributed by atoms with van der Waals surface area (Å²) < 4.78 is 5.18. The van der Waals surface area contributed by atoms with Crippen molar-refractivity contribution in [3.05, 3.63) is 64.7 Å². The summed E-state index contributed by atoms with van der Waals surface area (Å²) in [7, 11) is 3.68. The number of nitrogens with one attached hydrogen (secondary N) is 1. The Labute approximate surface area is 125 Å². The first-order chi connectivity index (χ1) is 9.71. The van der Waals surface area contributed by atoms with Crippen molar-refractivity contribution < 1.29 is 4.74 Å². The topological polar surface area (TPSA) is 21.3 Å². The minimum Gasteiger partial charge on any atom is -0.497 e. The fraction of sp³-hybridized carbons (Fsp3) is 0.294. The normalized spacial score (nSPS) is 12.2. The lowest BCUT2D eigenvalue weighted by Crippen LogP contribution is -2.29. The molecule has 0 amide bonds. The van der Waals surface area contributed by atoms with Crippen LogP contribution < -0.4 is 10.1 Å². The molecule has 2 rings (SSSR count). The number of methoxy groups -OCH3 is 1. The lowest BCUT2D eigenvalue weighted by molar-refractivity contribution is 0.414. The molecule has 1 atom stereocenters. The second-order valence-electron chi connectivity index (χ2n) is 4.87. The molecule has 0 aromatic heterocycles. The summed E-state index contributed by atoms with van der Waals surface area (Å²) in [6.45, 7) is 0. The van der Waals surface area contributed by atoms with Crippen LogP contribution in [0, 0.1) is 0 Å². The van der Waals surface area contributed by atoms with Crippen molar-refractivity contribution >= 4 is 11.6 Å². The largest absolute Gasteiger partial charge is 0.497 e. The predicted octanol–water partition coefficient (Wildman–Crippen LogP) is 3.72. The van der Waals surface area contributed by atoms with Gasteiger partial charge in [0.2, 0.25) is 0 Å². The maximum absolute atomic E-state index is 6.03. The smallest absolute Gasteiger partial charge is 0.118 e. The Bertz CT molecular complexity index is 539. The standard InChI is InChI=1S/C17H20ClNO/c1-19-16(12-14-4-3-5-15(18)10-14)11-13-6-8-17(20-2)9-7-13/h3-10,16,19H,11-12H2,1-2H3. The van der Waals surface area contributed by atoms with Crippen molar-refractivity contribution in [1.82, 2.24) is 5.32 Å². The maximum atomic E-state index is 6.03. The third kappa shape index (κ3) is 4.26. The van der Waals surface area contributed by atoms with Gasteiger partial charge in [-0.25, -0.2) is 0 Å². The summed E-state index contributed by atoms with van der Waals surface area (Å²) >= 11 is 6.03. The summed E-state index contributed by atoms with van der Waals surface area (Å²) in [5.74, 6) is 0.893. The fourth-order valence-electron chi connectivity index (χ4n) is 2.27. The lowest BCUT2D eigenvalue weighted by Gasteiger charge is -2.16. The number of benzene rings is 2. The summed E-state index contributed by atoms with van der Waals surface area (Å²) in [5, 5.41) is 4.17. The molecule has 0 fully saturated rings. The van der Waals surface area contributed by atoms with Crippen LogP contribution in [0.4, 0.5) is 0 Å². The molecule has 0 heterocycles. The molecule has 2 aromatic rings. The van der Waals surface area contributed by atoms with E-state index in [1.165, 1.54) is 11.1 Å². The summed E-state index contributed by atoms with van der Waals surface area (Å²) in [6, 6.07) is 16.7. The highest BCUT2D eigenvalue weighted by atomic mass is 35.5. The number of likely N-dealkylation sites (N-methyl/N-ethyl adjacent to an activating group) is 1. The van der Waals surface area contributed by atoms with Crippen molar-refractivity contribution in [3.63, 3.8) is 0 Å². The Hall–Kier alpha value is -1.51. The van der Waals surface area contributed by atoms with E-state index in [0.29, 0.717) is 6.04 Å². The molecule has 0 aliphatic carbocycles. The first-order valence-corrected chi connectivity index (χ1v) is 7.13. The van der Waals surface area contributed by atoms with Crippen LogP contribution in [0.15, 0.2) is 48.5 Å². The van der Waals surface area contributed by atoms with Crippen molar-refractivity contribution in [2.24, 2.45) is 0 Å². The second kappa shape index (κ2) is 7.32. The Morgan fingerprint density at radius 3 is 2.35 bits per heavy atom. The van der Waals surface area contributed by atoms with E-state index in [-0.39, 0.29) is 0 Å². The van der Waals surface area contributed by atoms with E-state index in [9.17, 15) is 0 Å². The van der Waals surface area contributed by atoms with Gasteiger partial charge in [-0.05, 0) is 55.3 Å². The van der Waals surface area contributed by atoms with Crippen LogP contribution in [-0.4, -0.2) is 20.2 Å². The third-order valence-electron chi connectivity index (χ3n) is 3.42. The Morgan fingerprint density at radius 1 is 1.05 bits per heavy atom. The maximum Gasteiger partial charge on any atom is 0.118 e. The van der Waals surface area contributed by atoms with E-state index in [1.54, 1.807) is 7.11 Å². The van der Waals surface area contributed by atoms with Crippen LogP contribution in [0.2, 0.25) is 5.02 Å². The van der Waals surface area contributed by atoms with E-state index in [4.69, 9.17) is 16.3 Å². The first kappa shape index (κ1) is 14.9. The van der Waals surface area contributed by atoms with Crippen LogP contribution in [0.5, 0.6) is 5.75 Å². The molecule has 0 aliphatic rings. The van der Waals surface area contributed by atoms with Crippen LogP contribution in [0.1, 0.15) is 11.1 Å².